The van der Waals surface area contributed by atoms with E-state index in [4.69, 9.17) is 0 Å². The Kier molecular flexibility index (Phi) is 16.6. The van der Waals surface area contributed by atoms with Crippen LogP contribution in [0, 0.1) is 23.7 Å². The number of thiophene rings is 1. The van der Waals surface area contributed by atoms with E-state index in [1.54, 1.807) is 11.3 Å². The van der Waals surface area contributed by atoms with Crippen LogP contribution in [-0.2, 0) is 10.8 Å². The third kappa shape index (κ3) is 10.6. The number of fused-ring (bicyclic) bond motifs is 12. The Morgan fingerprint density at radius 3 is 0.941 bits per heavy atom. The molecular formula is C82H82N2S. The second-order valence-electron chi connectivity index (χ2n) is 24.8. The Morgan fingerprint density at radius 1 is 0.306 bits per heavy atom. The van der Waals surface area contributed by atoms with Crippen molar-refractivity contribution in [3.8, 4) is 57.3 Å². The predicted molar refractivity (Wildman–Crippen MR) is 365 cm³/mol. The zero-order valence-corrected chi connectivity index (χ0v) is 51.6. The summed E-state index contributed by atoms with van der Waals surface area (Å²) in [4.78, 5) is 2.10. The molecular weight excluding hydrogens is 1040 g/mol. The van der Waals surface area contributed by atoms with Gasteiger partial charge in [0, 0.05) is 54.9 Å². The van der Waals surface area contributed by atoms with Crippen LogP contribution in [0.3, 0.4) is 0 Å². The minimum atomic E-state index is -0.0786. The highest BCUT2D eigenvalue weighted by Crippen LogP contribution is 2.57. The number of unbranched alkanes of at least 4 members (excludes halogenated alkanes) is 12. The lowest BCUT2D eigenvalue weighted by Crippen LogP contribution is -2.26. The van der Waals surface area contributed by atoms with Crippen molar-refractivity contribution in [1.29, 1.82) is 0 Å². The third-order valence-corrected chi connectivity index (χ3v) is 20.4. The molecule has 0 saturated heterocycles. The first kappa shape index (κ1) is 56.3. The molecule has 0 aliphatic heterocycles. The van der Waals surface area contributed by atoms with Crippen LogP contribution in [0.5, 0.6) is 0 Å². The van der Waals surface area contributed by atoms with Gasteiger partial charge in [0.1, 0.15) is 0 Å². The number of hydrogen-bond donors (Lipinski definition) is 0. The van der Waals surface area contributed by atoms with E-state index in [0.717, 1.165) is 46.6 Å². The van der Waals surface area contributed by atoms with Gasteiger partial charge in [0.2, 0.25) is 0 Å². The molecule has 0 atom stereocenters. The maximum Gasteiger partial charge on any atom is 0.0785 e. The molecule has 3 aromatic heterocycles. The molecule has 3 heteroatoms. The first-order valence-corrected chi connectivity index (χ1v) is 33.5. The van der Waals surface area contributed by atoms with Gasteiger partial charge in [0.15, 0.2) is 0 Å². The molecule has 0 N–H and O–H groups in total. The molecule has 2 aliphatic carbocycles. The summed E-state index contributed by atoms with van der Waals surface area (Å²) in [5, 5.41) is 5.22. The fourth-order valence-corrected chi connectivity index (χ4v) is 16.0. The number of para-hydroxylation sites is 4. The van der Waals surface area contributed by atoms with Crippen molar-refractivity contribution < 1.29 is 0 Å². The van der Waals surface area contributed by atoms with Crippen LogP contribution in [0.15, 0.2) is 182 Å². The topological polar surface area (TPSA) is 9.86 Å². The molecule has 2 aliphatic rings. The van der Waals surface area contributed by atoms with Gasteiger partial charge in [-0.1, -0.05) is 251 Å². The number of hydrogen-bond acceptors (Lipinski definition) is 1. The van der Waals surface area contributed by atoms with Gasteiger partial charge in [0.25, 0.3) is 0 Å². The minimum absolute atomic E-state index is 0.0786. The van der Waals surface area contributed by atoms with E-state index >= 15 is 0 Å². The predicted octanol–water partition coefficient (Wildman–Crippen LogP) is 23.2. The van der Waals surface area contributed by atoms with Crippen LogP contribution in [0.25, 0.3) is 77.2 Å². The van der Waals surface area contributed by atoms with Gasteiger partial charge in [-0.15, -0.1) is 11.3 Å². The number of aromatic nitrogens is 2. The third-order valence-electron chi connectivity index (χ3n) is 19.5. The minimum Gasteiger partial charge on any atom is -0.309 e. The van der Waals surface area contributed by atoms with E-state index < -0.39 is 0 Å². The molecule has 0 fully saturated rings. The molecule has 0 unspecified atom stereocenters. The van der Waals surface area contributed by atoms with E-state index in [1.165, 1.54) is 202 Å². The first-order valence-electron chi connectivity index (χ1n) is 32.7. The molecule has 11 aromatic rings. The lowest BCUT2D eigenvalue weighted by atomic mass is 9.70. The summed E-state index contributed by atoms with van der Waals surface area (Å²) < 4.78 is 5.02. The summed E-state index contributed by atoms with van der Waals surface area (Å²) in [5.74, 6) is 14.7. The van der Waals surface area contributed by atoms with Crippen molar-refractivity contribution in [2.75, 3.05) is 0 Å². The molecule has 85 heavy (non-hydrogen) atoms. The Bertz CT molecular complexity index is 3950. The Hall–Kier alpha value is -7.82. The lowest BCUT2D eigenvalue weighted by Gasteiger charge is -2.33. The zero-order chi connectivity index (χ0) is 57.7. The maximum absolute atomic E-state index is 3.70. The summed E-state index contributed by atoms with van der Waals surface area (Å²) in [6, 6.07) is 69.2. The summed E-state index contributed by atoms with van der Waals surface area (Å²) in [5.41, 5.74) is 21.1. The van der Waals surface area contributed by atoms with E-state index in [-0.39, 0.29) is 10.8 Å². The number of benzene rings is 8. The van der Waals surface area contributed by atoms with Gasteiger partial charge in [-0.3, -0.25) is 0 Å². The summed E-state index contributed by atoms with van der Waals surface area (Å²) in [6.45, 7) is 9.33. The fraction of sp³-hybridized carbons (Fsp3) is 0.317. The fourth-order valence-electron chi connectivity index (χ4n) is 15.3. The molecule has 0 radical (unpaired) electrons. The summed E-state index contributed by atoms with van der Waals surface area (Å²) >= 11 is 1.72. The number of nitrogens with zero attached hydrogens (tertiary/aromatic N) is 2. The van der Waals surface area contributed by atoms with E-state index in [1.807, 2.05) is 0 Å². The van der Waals surface area contributed by atoms with Crippen LogP contribution in [-0.4, -0.2) is 9.13 Å². The monoisotopic (exact) mass is 1130 g/mol. The van der Waals surface area contributed by atoms with Crippen molar-refractivity contribution in [2.45, 2.75) is 167 Å². The van der Waals surface area contributed by atoms with E-state index in [2.05, 4.69) is 243 Å². The molecule has 0 spiro atoms. The Morgan fingerprint density at radius 2 is 0.612 bits per heavy atom. The van der Waals surface area contributed by atoms with E-state index in [0.29, 0.717) is 0 Å². The summed E-state index contributed by atoms with van der Waals surface area (Å²) in [6.07, 6.45) is 24.6. The smallest absolute Gasteiger partial charge is 0.0785 e. The molecule has 426 valence electrons. The van der Waals surface area contributed by atoms with Gasteiger partial charge in [-0.05, 0) is 155 Å². The van der Waals surface area contributed by atoms with Crippen LogP contribution in [0.4, 0.5) is 0 Å². The Labute approximate surface area is 510 Å². The maximum atomic E-state index is 3.70. The molecule has 0 amide bonds. The average Bonchev–Trinajstić information content (AvgIpc) is 1.72. The normalized spacial score (nSPS) is 13.4. The average molecular weight is 1130 g/mol. The quantitative estimate of drug-likeness (QED) is 0.0473. The molecule has 13 rings (SSSR count). The van der Waals surface area contributed by atoms with Gasteiger partial charge in [-0.25, -0.2) is 0 Å². The molecule has 8 aromatic carbocycles. The van der Waals surface area contributed by atoms with Crippen molar-refractivity contribution >= 4 is 54.9 Å². The van der Waals surface area contributed by atoms with Gasteiger partial charge in [-0.2, -0.15) is 0 Å². The van der Waals surface area contributed by atoms with Crippen LogP contribution >= 0.6 is 11.3 Å². The molecule has 3 heterocycles. The zero-order valence-electron chi connectivity index (χ0n) is 50.8. The highest BCUT2D eigenvalue weighted by molar-refractivity contribution is 7.13. The summed E-state index contributed by atoms with van der Waals surface area (Å²) in [7, 11) is 0. The Balaban J connectivity index is 0.828. The van der Waals surface area contributed by atoms with Gasteiger partial charge >= 0.3 is 0 Å². The van der Waals surface area contributed by atoms with Crippen molar-refractivity contribution in [2.24, 2.45) is 0 Å². The van der Waals surface area contributed by atoms with Crippen molar-refractivity contribution in [1.82, 2.24) is 9.13 Å². The number of rotatable bonds is 22. The van der Waals surface area contributed by atoms with Crippen molar-refractivity contribution in [3.05, 3.63) is 225 Å². The van der Waals surface area contributed by atoms with Crippen molar-refractivity contribution in [3.63, 3.8) is 0 Å². The molecule has 0 saturated carbocycles. The van der Waals surface area contributed by atoms with Gasteiger partial charge in [0.05, 0.1) is 31.8 Å². The van der Waals surface area contributed by atoms with Crippen LogP contribution in [0.1, 0.15) is 199 Å². The first-order chi connectivity index (χ1) is 42.0. The molecule has 2 nitrogen and oxygen atoms in total. The standard InChI is InChI=1S/C82H82N2S/c1-5-9-13-25-51-81(52-26-14-10-6-2)73-55-59(39-47-65(73)67-49-41-61(57-75(67)81)83-77-33-21-17-29-69(77)70-30-18-22-34-78(70)83)37-43-63-45-46-64(85-63)44-38-60-40-48-66-68-50-42-62(84-79-35-23-19-31-71(79)72-32-20-24-36-80(72)84)58-76(68)82(74(66)56-60,53-27-15-11-7-3)54-28-16-12-8-4/h17-24,29-36,39-42,45-50,55-58H,5-16,25-28,51-54H2,1-4H3. The lowest BCUT2D eigenvalue weighted by molar-refractivity contribution is 0.401. The largest absolute Gasteiger partial charge is 0.309 e. The second-order valence-corrected chi connectivity index (χ2v) is 25.9. The van der Waals surface area contributed by atoms with Gasteiger partial charge < -0.3 is 9.13 Å². The van der Waals surface area contributed by atoms with Crippen LogP contribution in [0.2, 0.25) is 0 Å². The highest BCUT2D eigenvalue weighted by atomic mass is 32.1. The molecule has 0 bridgehead atoms. The van der Waals surface area contributed by atoms with Crippen LogP contribution < -0.4 is 0 Å². The second kappa shape index (κ2) is 25.0. The van der Waals surface area contributed by atoms with E-state index in [9.17, 15) is 0 Å². The highest BCUT2D eigenvalue weighted by Gasteiger charge is 2.44. The SMILES string of the molecule is CCCCCCC1(CCCCCC)c2cc(C#Cc3ccc(C#Cc4ccc5c(c4)C(CCCCCC)(CCCCCC)c4cc(-n6c7ccccc7c7ccccc76)ccc4-5)s3)ccc2-c2ccc(-n3c4ccccc4c4ccccc43)cc21.